The van der Waals surface area contributed by atoms with Crippen molar-refractivity contribution < 1.29 is 4.79 Å². The molecule has 4 heteroatoms. The number of thiophene rings is 1. The van der Waals surface area contributed by atoms with E-state index in [1.165, 1.54) is 0 Å². The van der Waals surface area contributed by atoms with Gasteiger partial charge in [-0.3, -0.25) is 4.79 Å². The fourth-order valence-electron chi connectivity index (χ4n) is 1.20. The summed E-state index contributed by atoms with van der Waals surface area (Å²) in [6.07, 6.45) is 1.41. The van der Waals surface area contributed by atoms with E-state index in [-0.39, 0.29) is 5.91 Å². The molecule has 1 atom stereocenters. The summed E-state index contributed by atoms with van der Waals surface area (Å²) in [4.78, 5) is 12.6. The highest BCUT2D eigenvalue weighted by molar-refractivity contribution is 7.09. The third-order valence-electron chi connectivity index (χ3n) is 2.01. The van der Waals surface area contributed by atoms with Crippen molar-refractivity contribution in [3.05, 3.63) is 22.4 Å². The van der Waals surface area contributed by atoms with Gasteiger partial charge >= 0.3 is 0 Å². The van der Waals surface area contributed by atoms with Crippen LogP contribution in [0.2, 0.25) is 0 Å². The van der Waals surface area contributed by atoms with E-state index in [1.807, 2.05) is 30.5 Å². The summed E-state index contributed by atoms with van der Waals surface area (Å²) in [5, 5.41) is 13.6. The van der Waals surface area contributed by atoms with Gasteiger partial charge in [0.1, 0.15) is 5.92 Å². The number of amides is 1. The Hall–Kier alpha value is -1.34. The Kier molecular flexibility index (Phi) is 4.85. The summed E-state index contributed by atoms with van der Waals surface area (Å²) in [5.74, 6) is -0.719. The van der Waals surface area contributed by atoms with Crippen molar-refractivity contribution in [2.45, 2.75) is 19.8 Å². The maximum absolute atomic E-state index is 11.5. The van der Waals surface area contributed by atoms with Gasteiger partial charge in [-0.1, -0.05) is 13.0 Å². The largest absolute Gasteiger partial charge is 0.355 e. The minimum absolute atomic E-state index is 0.159. The number of nitriles is 1. The molecule has 0 saturated carbocycles. The van der Waals surface area contributed by atoms with Crippen molar-refractivity contribution >= 4 is 17.2 Å². The molecule has 0 bridgehead atoms. The highest BCUT2D eigenvalue weighted by Gasteiger charge is 2.17. The molecular weight excluding hydrogens is 208 g/mol. The van der Waals surface area contributed by atoms with Crippen LogP contribution in [0.15, 0.2) is 17.5 Å². The number of hydrogen-bond acceptors (Lipinski definition) is 3. The van der Waals surface area contributed by atoms with Crippen LogP contribution in [-0.2, 0) is 11.2 Å². The fourth-order valence-corrected chi connectivity index (χ4v) is 1.95. The van der Waals surface area contributed by atoms with E-state index >= 15 is 0 Å². The van der Waals surface area contributed by atoms with Gasteiger partial charge in [0.05, 0.1) is 6.07 Å². The van der Waals surface area contributed by atoms with Gasteiger partial charge in [0, 0.05) is 17.8 Å². The van der Waals surface area contributed by atoms with Gasteiger partial charge in [-0.25, -0.2) is 0 Å². The molecule has 1 aromatic rings. The topological polar surface area (TPSA) is 52.9 Å². The quantitative estimate of drug-likeness (QED) is 0.828. The summed E-state index contributed by atoms with van der Waals surface area (Å²) in [6.45, 7) is 2.63. The SMILES string of the molecule is CCCNC(=O)C(C#N)Cc1cccs1. The Bertz CT molecular complexity index is 340. The fraction of sp³-hybridized carbons (Fsp3) is 0.455. The zero-order chi connectivity index (χ0) is 11.1. The Balaban J connectivity index is 2.49. The first-order valence-corrected chi connectivity index (χ1v) is 5.85. The van der Waals surface area contributed by atoms with Crippen LogP contribution < -0.4 is 5.32 Å². The average molecular weight is 222 g/mol. The van der Waals surface area contributed by atoms with E-state index in [0.717, 1.165) is 11.3 Å². The van der Waals surface area contributed by atoms with Crippen LogP contribution in [-0.4, -0.2) is 12.5 Å². The molecule has 0 aromatic carbocycles. The maximum atomic E-state index is 11.5. The van der Waals surface area contributed by atoms with E-state index < -0.39 is 5.92 Å². The number of carbonyl (C=O) groups is 1. The first-order valence-electron chi connectivity index (χ1n) is 4.97. The first kappa shape index (κ1) is 11.7. The molecule has 0 spiro atoms. The van der Waals surface area contributed by atoms with Crippen molar-refractivity contribution in [2.75, 3.05) is 6.54 Å². The lowest BCUT2D eigenvalue weighted by Crippen LogP contribution is -2.31. The number of nitrogens with one attached hydrogen (secondary N) is 1. The van der Waals surface area contributed by atoms with E-state index in [4.69, 9.17) is 5.26 Å². The number of rotatable bonds is 5. The molecule has 1 unspecified atom stereocenters. The molecule has 1 rings (SSSR count). The Morgan fingerprint density at radius 3 is 3.07 bits per heavy atom. The van der Waals surface area contributed by atoms with Gasteiger partial charge in [0.25, 0.3) is 0 Å². The van der Waals surface area contributed by atoms with E-state index in [0.29, 0.717) is 13.0 Å². The molecule has 3 nitrogen and oxygen atoms in total. The van der Waals surface area contributed by atoms with E-state index in [9.17, 15) is 4.79 Å². The maximum Gasteiger partial charge on any atom is 0.237 e. The summed E-state index contributed by atoms with van der Waals surface area (Å²) in [6, 6.07) is 5.92. The molecule has 0 aliphatic carbocycles. The summed E-state index contributed by atoms with van der Waals surface area (Å²) in [5.41, 5.74) is 0. The lowest BCUT2D eigenvalue weighted by Gasteiger charge is -2.07. The van der Waals surface area contributed by atoms with Crippen LogP contribution in [0.5, 0.6) is 0 Å². The minimum Gasteiger partial charge on any atom is -0.355 e. The van der Waals surface area contributed by atoms with Crippen molar-refractivity contribution in [3.63, 3.8) is 0 Å². The van der Waals surface area contributed by atoms with Crippen molar-refractivity contribution in [1.82, 2.24) is 5.32 Å². The molecule has 1 N–H and O–H groups in total. The zero-order valence-electron chi connectivity index (χ0n) is 8.69. The van der Waals surface area contributed by atoms with Gasteiger partial charge < -0.3 is 5.32 Å². The predicted octanol–water partition coefficient (Wildman–Crippen LogP) is 1.96. The van der Waals surface area contributed by atoms with Crippen molar-refractivity contribution in [2.24, 2.45) is 5.92 Å². The summed E-state index contributed by atoms with van der Waals surface area (Å²) >= 11 is 1.58. The Labute approximate surface area is 93.7 Å². The molecule has 1 aromatic heterocycles. The molecule has 15 heavy (non-hydrogen) atoms. The van der Waals surface area contributed by atoms with E-state index in [1.54, 1.807) is 11.3 Å². The second-order valence-electron chi connectivity index (χ2n) is 3.26. The second kappa shape index (κ2) is 6.20. The van der Waals surface area contributed by atoms with Gasteiger partial charge in [-0.15, -0.1) is 11.3 Å². The standard InChI is InChI=1S/C11H14N2OS/c1-2-5-13-11(14)9(8-12)7-10-4-3-6-15-10/h3-4,6,9H,2,5,7H2,1H3,(H,13,14). The molecule has 1 heterocycles. The second-order valence-corrected chi connectivity index (χ2v) is 4.29. The summed E-state index contributed by atoms with van der Waals surface area (Å²) < 4.78 is 0. The highest BCUT2D eigenvalue weighted by atomic mass is 32.1. The highest BCUT2D eigenvalue weighted by Crippen LogP contribution is 2.14. The Morgan fingerprint density at radius 2 is 2.53 bits per heavy atom. The molecule has 0 aliphatic heterocycles. The van der Waals surface area contributed by atoms with Gasteiger partial charge in [0.15, 0.2) is 0 Å². The smallest absolute Gasteiger partial charge is 0.237 e. The lowest BCUT2D eigenvalue weighted by molar-refractivity contribution is -0.123. The molecule has 0 aliphatic rings. The van der Waals surface area contributed by atoms with Gasteiger partial charge in [-0.2, -0.15) is 5.26 Å². The van der Waals surface area contributed by atoms with Crippen LogP contribution in [0, 0.1) is 17.2 Å². The normalized spacial score (nSPS) is 11.7. The number of hydrogen-bond donors (Lipinski definition) is 1. The monoisotopic (exact) mass is 222 g/mol. The zero-order valence-corrected chi connectivity index (χ0v) is 9.51. The molecule has 0 saturated heterocycles. The third kappa shape index (κ3) is 3.72. The van der Waals surface area contributed by atoms with E-state index in [2.05, 4.69) is 5.32 Å². The molecule has 0 fully saturated rings. The average Bonchev–Trinajstić information content (AvgIpc) is 2.75. The molecule has 0 radical (unpaired) electrons. The Morgan fingerprint density at radius 1 is 1.73 bits per heavy atom. The number of carbonyl (C=O) groups excluding carboxylic acids is 1. The molecule has 1 amide bonds. The van der Waals surface area contributed by atoms with Crippen LogP contribution in [0.25, 0.3) is 0 Å². The van der Waals surface area contributed by atoms with Crippen LogP contribution >= 0.6 is 11.3 Å². The van der Waals surface area contributed by atoms with Crippen LogP contribution in [0.4, 0.5) is 0 Å². The predicted molar refractivity (Wildman–Crippen MR) is 60.4 cm³/mol. The van der Waals surface area contributed by atoms with Crippen molar-refractivity contribution in [3.8, 4) is 6.07 Å². The first-order chi connectivity index (χ1) is 7.27. The molecular formula is C11H14N2OS. The molecule has 80 valence electrons. The lowest BCUT2D eigenvalue weighted by atomic mass is 10.1. The van der Waals surface area contributed by atoms with Gasteiger partial charge in [-0.05, 0) is 17.9 Å². The third-order valence-corrected chi connectivity index (χ3v) is 2.91. The van der Waals surface area contributed by atoms with Gasteiger partial charge in [0.2, 0.25) is 5.91 Å². The van der Waals surface area contributed by atoms with Crippen molar-refractivity contribution in [1.29, 1.82) is 5.26 Å². The summed E-state index contributed by atoms with van der Waals surface area (Å²) in [7, 11) is 0. The number of nitrogens with zero attached hydrogens (tertiary/aromatic N) is 1. The van der Waals surface area contributed by atoms with Crippen LogP contribution in [0.3, 0.4) is 0 Å². The van der Waals surface area contributed by atoms with Crippen LogP contribution in [0.1, 0.15) is 18.2 Å². The minimum atomic E-state index is -0.560.